The van der Waals surface area contributed by atoms with Gasteiger partial charge in [-0.05, 0) is 84.9 Å². The molecule has 0 radical (unpaired) electrons. The van der Waals surface area contributed by atoms with Crippen LogP contribution in [-0.4, -0.2) is 4.57 Å². The van der Waals surface area contributed by atoms with Crippen LogP contribution in [0.1, 0.15) is 5.56 Å². The van der Waals surface area contributed by atoms with Crippen LogP contribution >= 0.6 is 0 Å². The Morgan fingerprint density at radius 2 is 1.08 bits per heavy atom. The molecule has 0 aliphatic carbocycles. The zero-order chi connectivity index (χ0) is 33.6. The quantitative estimate of drug-likeness (QED) is 0.181. The normalized spacial score (nSPS) is 11.9. The van der Waals surface area contributed by atoms with Gasteiger partial charge in [0.1, 0.15) is 0 Å². The van der Waals surface area contributed by atoms with Gasteiger partial charge in [0, 0.05) is 28.0 Å². The molecule has 0 aliphatic heterocycles. The lowest BCUT2D eigenvalue weighted by atomic mass is 9.92. The highest BCUT2D eigenvalue weighted by atomic mass is 15.0. The summed E-state index contributed by atoms with van der Waals surface area (Å²) in [5, 5.41) is 7.26. The number of nitrogens with two attached hydrogens (primary N) is 1. The van der Waals surface area contributed by atoms with Crippen LogP contribution in [0, 0.1) is 0 Å². The maximum Gasteiger partial charge on any atom is 0.0619 e. The predicted octanol–water partition coefficient (Wildman–Crippen LogP) is 12.6. The van der Waals surface area contributed by atoms with Gasteiger partial charge in [-0.2, -0.15) is 0 Å². The molecule has 0 bridgehead atoms. The third-order valence-corrected chi connectivity index (χ3v) is 10.0. The van der Waals surface area contributed by atoms with Gasteiger partial charge in [0.15, 0.2) is 0 Å². The smallest absolute Gasteiger partial charge is 0.0619 e. The second kappa shape index (κ2) is 12.1. The van der Waals surface area contributed by atoms with Crippen molar-refractivity contribution in [1.29, 1.82) is 0 Å². The molecule has 0 fully saturated rings. The minimum absolute atomic E-state index is 0.923. The molecule has 9 rings (SSSR count). The van der Waals surface area contributed by atoms with E-state index in [1.54, 1.807) is 6.20 Å². The molecular weight excluding hydrogens is 605 g/mol. The van der Waals surface area contributed by atoms with Crippen LogP contribution in [0.25, 0.3) is 88.0 Å². The number of hydrogen-bond acceptors (Lipinski definition) is 1. The lowest BCUT2D eigenvalue weighted by Gasteiger charge is -2.14. The van der Waals surface area contributed by atoms with Crippen LogP contribution < -0.4 is 5.73 Å². The van der Waals surface area contributed by atoms with E-state index in [1.807, 2.05) is 6.08 Å². The minimum atomic E-state index is 0.923. The molecule has 2 heteroatoms. The number of rotatable bonds is 6. The molecule has 0 spiro atoms. The van der Waals surface area contributed by atoms with E-state index in [4.69, 9.17) is 5.73 Å². The van der Waals surface area contributed by atoms with Crippen LogP contribution in [0.4, 0.5) is 0 Å². The van der Waals surface area contributed by atoms with E-state index in [1.165, 1.54) is 71.3 Å². The topological polar surface area (TPSA) is 30.9 Å². The van der Waals surface area contributed by atoms with Crippen LogP contribution in [0.15, 0.2) is 189 Å². The molecule has 2 N–H and O–H groups in total. The summed E-state index contributed by atoms with van der Waals surface area (Å²) in [6.07, 6.45) is 3.45. The van der Waals surface area contributed by atoms with Gasteiger partial charge in [-0.3, -0.25) is 0 Å². The lowest BCUT2D eigenvalue weighted by molar-refractivity contribution is 1.19. The molecule has 50 heavy (non-hydrogen) atoms. The average Bonchev–Trinajstić information content (AvgIpc) is 3.53. The Morgan fingerprint density at radius 3 is 1.82 bits per heavy atom. The number of nitrogens with zero attached hydrogens (tertiary/aromatic N) is 1. The molecule has 2 nitrogen and oxygen atoms in total. The first-order valence-corrected chi connectivity index (χ1v) is 17.0. The fourth-order valence-electron chi connectivity index (χ4n) is 7.58. The molecule has 0 saturated carbocycles. The Labute approximate surface area is 291 Å². The Bertz CT molecular complexity index is 2750. The number of aromatic nitrogens is 1. The predicted molar refractivity (Wildman–Crippen MR) is 214 cm³/mol. The van der Waals surface area contributed by atoms with E-state index >= 15 is 0 Å². The van der Waals surface area contributed by atoms with Gasteiger partial charge < -0.3 is 10.3 Å². The molecule has 0 amide bonds. The summed E-state index contributed by atoms with van der Waals surface area (Å²) < 4.78 is 2.44. The highest BCUT2D eigenvalue weighted by molar-refractivity contribution is 6.19. The number of hydrogen-bond donors (Lipinski definition) is 1. The molecule has 0 atom stereocenters. The second-order valence-corrected chi connectivity index (χ2v) is 12.8. The molecule has 1 heterocycles. The SMILES string of the molecule is C=C/C(=C\N)c1ccc(-c2ccc3c4ccc5cc(-c6ccc(-c7ccccc7)cc6)ccc5c4n(-c4ccccc4)c3c2)c2ccccc12. The first-order valence-electron chi connectivity index (χ1n) is 17.0. The summed E-state index contributed by atoms with van der Waals surface area (Å²) in [6, 6.07) is 61.4. The van der Waals surface area contributed by atoms with Crippen molar-refractivity contribution in [3.8, 4) is 39.1 Å². The second-order valence-electron chi connectivity index (χ2n) is 12.8. The van der Waals surface area contributed by atoms with E-state index in [9.17, 15) is 0 Å². The zero-order valence-electron chi connectivity index (χ0n) is 27.6. The van der Waals surface area contributed by atoms with Gasteiger partial charge in [-0.25, -0.2) is 0 Å². The maximum atomic E-state index is 5.99. The fraction of sp³-hybridized carbons (Fsp3) is 0. The van der Waals surface area contributed by atoms with E-state index in [0.29, 0.717) is 0 Å². The molecular formula is C48H34N2. The lowest BCUT2D eigenvalue weighted by Crippen LogP contribution is -1.95. The maximum absolute atomic E-state index is 5.99. The third-order valence-electron chi connectivity index (χ3n) is 10.0. The Hall–Kier alpha value is -6.64. The van der Waals surface area contributed by atoms with Gasteiger partial charge in [0.25, 0.3) is 0 Å². The van der Waals surface area contributed by atoms with Gasteiger partial charge >= 0.3 is 0 Å². The molecule has 9 aromatic rings. The van der Waals surface area contributed by atoms with Crippen molar-refractivity contribution in [2.45, 2.75) is 0 Å². The monoisotopic (exact) mass is 638 g/mol. The van der Waals surface area contributed by atoms with Crippen LogP contribution in [0.3, 0.4) is 0 Å². The average molecular weight is 639 g/mol. The van der Waals surface area contributed by atoms with Crippen LogP contribution in [0.5, 0.6) is 0 Å². The van der Waals surface area contributed by atoms with E-state index in [-0.39, 0.29) is 0 Å². The van der Waals surface area contributed by atoms with Crippen molar-refractivity contribution in [2.24, 2.45) is 5.73 Å². The Kier molecular flexibility index (Phi) is 7.14. The number of fused-ring (bicyclic) bond motifs is 6. The van der Waals surface area contributed by atoms with Crippen molar-refractivity contribution < 1.29 is 0 Å². The molecule has 8 aromatic carbocycles. The number of allylic oxidation sites excluding steroid dienone is 2. The highest BCUT2D eigenvalue weighted by Gasteiger charge is 2.18. The van der Waals surface area contributed by atoms with Crippen molar-refractivity contribution >= 4 is 48.9 Å². The summed E-state index contributed by atoms with van der Waals surface area (Å²) in [6.45, 7) is 3.99. The molecule has 0 saturated heterocycles. The first-order chi connectivity index (χ1) is 24.7. The molecule has 0 unspecified atom stereocenters. The fourth-order valence-corrected chi connectivity index (χ4v) is 7.58. The van der Waals surface area contributed by atoms with Gasteiger partial charge in [-0.15, -0.1) is 0 Å². The van der Waals surface area contributed by atoms with Crippen molar-refractivity contribution in [1.82, 2.24) is 4.57 Å². The number of benzene rings is 8. The van der Waals surface area contributed by atoms with Crippen LogP contribution in [-0.2, 0) is 0 Å². The largest absolute Gasteiger partial charge is 0.404 e. The van der Waals surface area contributed by atoms with Crippen LogP contribution in [0.2, 0.25) is 0 Å². The summed E-state index contributed by atoms with van der Waals surface area (Å²) in [5.74, 6) is 0. The van der Waals surface area contributed by atoms with Gasteiger partial charge in [0.05, 0.1) is 11.0 Å². The first kappa shape index (κ1) is 29.5. The van der Waals surface area contributed by atoms with Crippen molar-refractivity contribution in [3.05, 3.63) is 194 Å². The summed E-state index contributed by atoms with van der Waals surface area (Å²) in [7, 11) is 0. The summed E-state index contributed by atoms with van der Waals surface area (Å²) in [4.78, 5) is 0. The minimum Gasteiger partial charge on any atom is -0.404 e. The van der Waals surface area contributed by atoms with Crippen molar-refractivity contribution in [2.75, 3.05) is 0 Å². The summed E-state index contributed by atoms with van der Waals surface area (Å²) in [5.41, 5.74) is 18.8. The van der Waals surface area contributed by atoms with Gasteiger partial charge in [-0.1, -0.05) is 158 Å². The molecule has 236 valence electrons. The van der Waals surface area contributed by atoms with E-state index in [0.717, 1.165) is 22.2 Å². The third kappa shape index (κ3) is 4.81. The Balaban J connectivity index is 1.23. The Morgan fingerprint density at radius 1 is 0.480 bits per heavy atom. The van der Waals surface area contributed by atoms with Gasteiger partial charge in [0.2, 0.25) is 0 Å². The molecule has 1 aromatic heterocycles. The number of para-hydroxylation sites is 1. The molecule has 0 aliphatic rings. The summed E-state index contributed by atoms with van der Waals surface area (Å²) >= 11 is 0. The standard InChI is InChI=1S/C48H34N2/c1-2-32(31-49)40-27-28-41(44-16-10-9-15-43(40)44)38-22-25-45-46-26-23-37-29-36(35-19-17-34(18-20-35)33-11-5-3-6-12-33)21-24-42(37)48(46)50(47(45)30-38)39-13-7-4-8-14-39/h2-31H,1,49H2/b32-31+. The van der Waals surface area contributed by atoms with Crippen molar-refractivity contribution in [3.63, 3.8) is 0 Å². The van der Waals surface area contributed by atoms with E-state index < -0.39 is 0 Å². The zero-order valence-corrected chi connectivity index (χ0v) is 27.6. The highest BCUT2D eigenvalue weighted by Crippen LogP contribution is 2.41. The van der Waals surface area contributed by atoms with E-state index in [2.05, 4.69) is 181 Å².